The van der Waals surface area contributed by atoms with Crippen LogP contribution in [-0.2, 0) is 11.2 Å². The quantitative estimate of drug-likeness (QED) is 0.721. The fourth-order valence-electron chi connectivity index (χ4n) is 2.04. The van der Waals surface area contributed by atoms with Crippen molar-refractivity contribution in [3.05, 3.63) is 29.8 Å². The molecule has 21 heavy (non-hydrogen) atoms. The Labute approximate surface area is 126 Å². The average molecular weight is 291 g/mol. The predicted molar refractivity (Wildman–Crippen MR) is 85.0 cm³/mol. The highest BCUT2D eigenvalue weighted by molar-refractivity contribution is 5.97. The van der Waals surface area contributed by atoms with E-state index in [0.29, 0.717) is 0 Å². The van der Waals surface area contributed by atoms with Gasteiger partial charge in [0.25, 0.3) is 0 Å². The van der Waals surface area contributed by atoms with Crippen LogP contribution in [0, 0.1) is 5.92 Å². The van der Waals surface area contributed by atoms with Crippen LogP contribution in [0.15, 0.2) is 24.3 Å². The van der Waals surface area contributed by atoms with Gasteiger partial charge in [-0.3, -0.25) is 4.79 Å². The normalized spacial score (nSPS) is 12.0. The molecule has 0 saturated heterocycles. The van der Waals surface area contributed by atoms with E-state index in [0.717, 1.165) is 24.9 Å². The number of nitrogens with two attached hydrogens (primary N) is 1. The number of hydrogen-bond donors (Lipinski definition) is 3. The molecule has 0 aromatic heterocycles. The first-order chi connectivity index (χ1) is 9.93. The molecule has 1 rings (SSSR count). The van der Waals surface area contributed by atoms with Crippen LogP contribution >= 0.6 is 0 Å². The number of rotatable bonds is 7. The molecule has 0 heterocycles. The Morgan fingerprint density at radius 2 is 1.81 bits per heavy atom. The summed E-state index contributed by atoms with van der Waals surface area (Å²) in [6.45, 7) is 5.87. The number of unbranched alkanes of at least 4 members (excludes halogenated alkanes) is 1. The van der Waals surface area contributed by atoms with Gasteiger partial charge in [-0.2, -0.15) is 0 Å². The van der Waals surface area contributed by atoms with Gasteiger partial charge in [0.2, 0.25) is 5.91 Å². The Morgan fingerprint density at radius 1 is 1.19 bits per heavy atom. The second-order valence-corrected chi connectivity index (χ2v) is 5.52. The molecule has 0 radical (unpaired) electrons. The highest BCUT2D eigenvalue weighted by Gasteiger charge is 2.23. The molecule has 0 bridgehead atoms. The van der Waals surface area contributed by atoms with Gasteiger partial charge in [0.1, 0.15) is 6.04 Å². The summed E-state index contributed by atoms with van der Waals surface area (Å²) in [5.74, 6) is -0.300. The maximum atomic E-state index is 12.2. The van der Waals surface area contributed by atoms with E-state index in [4.69, 9.17) is 5.73 Å². The minimum Gasteiger partial charge on any atom is -0.352 e. The van der Waals surface area contributed by atoms with Crippen LogP contribution in [0.25, 0.3) is 0 Å². The third kappa shape index (κ3) is 5.85. The van der Waals surface area contributed by atoms with Crippen LogP contribution in [-0.4, -0.2) is 18.0 Å². The summed E-state index contributed by atoms with van der Waals surface area (Å²) < 4.78 is 0. The summed E-state index contributed by atoms with van der Waals surface area (Å²) in [7, 11) is 0. The Bertz CT molecular complexity index is 469. The van der Waals surface area contributed by atoms with Gasteiger partial charge in [-0.1, -0.05) is 39.3 Å². The van der Waals surface area contributed by atoms with Crippen molar-refractivity contribution < 1.29 is 9.59 Å². The Balaban J connectivity index is 2.66. The van der Waals surface area contributed by atoms with Gasteiger partial charge in [0.15, 0.2) is 0 Å². The molecule has 0 aliphatic carbocycles. The Morgan fingerprint density at radius 3 is 2.29 bits per heavy atom. The van der Waals surface area contributed by atoms with Crippen molar-refractivity contribution in [1.29, 1.82) is 0 Å². The lowest BCUT2D eigenvalue weighted by Gasteiger charge is -2.20. The maximum absolute atomic E-state index is 12.2. The van der Waals surface area contributed by atoms with Gasteiger partial charge in [0.05, 0.1) is 0 Å². The molecule has 0 saturated carbocycles. The second-order valence-electron chi connectivity index (χ2n) is 5.52. The van der Waals surface area contributed by atoms with E-state index in [-0.39, 0.29) is 11.8 Å². The number of carbonyl (C=O) groups excluding carboxylic acids is 2. The van der Waals surface area contributed by atoms with Crippen molar-refractivity contribution >= 4 is 17.6 Å². The molecule has 116 valence electrons. The van der Waals surface area contributed by atoms with Crippen LogP contribution in [0.3, 0.4) is 0 Å². The summed E-state index contributed by atoms with van der Waals surface area (Å²) in [4.78, 5) is 23.1. The SMILES string of the molecule is CCCCc1ccc(NC(=O)C(NC(N)=O)C(C)C)cc1. The molecule has 1 aromatic rings. The molecular weight excluding hydrogens is 266 g/mol. The van der Waals surface area contributed by atoms with Gasteiger partial charge in [-0.15, -0.1) is 0 Å². The van der Waals surface area contributed by atoms with Crippen LogP contribution in [0.1, 0.15) is 39.2 Å². The second kappa shape index (κ2) is 8.29. The number of primary amides is 1. The lowest BCUT2D eigenvalue weighted by Crippen LogP contribution is -2.49. The number of amides is 3. The molecule has 1 atom stereocenters. The largest absolute Gasteiger partial charge is 0.352 e. The molecule has 1 aromatic carbocycles. The summed E-state index contributed by atoms with van der Waals surface area (Å²) in [6, 6.07) is 6.45. The number of hydrogen-bond acceptors (Lipinski definition) is 2. The highest BCUT2D eigenvalue weighted by atomic mass is 16.2. The van der Waals surface area contributed by atoms with Gasteiger partial charge >= 0.3 is 6.03 Å². The third-order valence-electron chi connectivity index (χ3n) is 3.29. The fraction of sp³-hybridized carbons (Fsp3) is 0.500. The molecule has 0 aliphatic heterocycles. The van der Waals surface area contributed by atoms with E-state index in [2.05, 4.69) is 17.6 Å². The molecule has 5 nitrogen and oxygen atoms in total. The zero-order valence-corrected chi connectivity index (χ0v) is 13.0. The zero-order chi connectivity index (χ0) is 15.8. The third-order valence-corrected chi connectivity index (χ3v) is 3.29. The van der Waals surface area contributed by atoms with Crippen LogP contribution in [0.5, 0.6) is 0 Å². The van der Waals surface area contributed by atoms with Crippen LogP contribution in [0.4, 0.5) is 10.5 Å². The van der Waals surface area contributed by atoms with Gasteiger partial charge in [0, 0.05) is 5.69 Å². The predicted octanol–water partition coefficient (Wildman–Crippen LogP) is 2.66. The first-order valence-corrected chi connectivity index (χ1v) is 7.39. The standard InChI is InChI=1S/C16H25N3O2/c1-4-5-6-12-7-9-13(10-8-12)18-15(20)14(11(2)3)19-16(17)21/h7-11,14H,4-6H2,1-3H3,(H,18,20)(H3,17,19,21). The lowest BCUT2D eigenvalue weighted by molar-refractivity contribution is -0.118. The first-order valence-electron chi connectivity index (χ1n) is 7.39. The van der Waals surface area contributed by atoms with E-state index < -0.39 is 12.1 Å². The van der Waals surface area contributed by atoms with Crippen molar-refractivity contribution in [2.24, 2.45) is 11.7 Å². The Hall–Kier alpha value is -2.04. The van der Waals surface area contributed by atoms with E-state index >= 15 is 0 Å². The number of urea groups is 1. The van der Waals surface area contributed by atoms with E-state index in [1.807, 2.05) is 38.1 Å². The minimum atomic E-state index is -0.696. The molecule has 0 spiro atoms. The molecule has 3 amide bonds. The Kier molecular flexibility index (Phi) is 6.72. The molecule has 5 heteroatoms. The summed E-state index contributed by atoms with van der Waals surface area (Å²) >= 11 is 0. The van der Waals surface area contributed by atoms with E-state index in [9.17, 15) is 9.59 Å². The monoisotopic (exact) mass is 291 g/mol. The van der Waals surface area contributed by atoms with Crippen LogP contribution < -0.4 is 16.4 Å². The van der Waals surface area contributed by atoms with Gasteiger partial charge in [-0.05, 0) is 36.5 Å². The smallest absolute Gasteiger partial charge is 0.312 e. The van der Waals surface area contributed by atoms with Crippen LogP contribution in [0.2, 0.25) is 0 Å². The number of anilines is 1. The molecule has 4 N–H and O–H groups in total. The average Bonchev–Trinajstić information content (AvgIpc) is 2.43. The topological polar surface area (TPSA) is 84.2 Å². The molecule has 0 fully saturated rings. The molecular formula is C16H25N3O2. The van der Waals surface area contributed by atoms with Crippen molar-refractivity contribution in [2.75, 3.05) is 5.32 Å². The summed E-state index contributed by atoms with van der Waals surface area (Å²) in [5, 5.41) is 5.27. The van der Waals surface area contributed by atoms with Crippen molar-refractivity contribution in [2.45, 2.75) is 46.1 Å². The van der Waals surface area contributed by atoms with Gasteiger partial charge < -0.3 is 16.4 Å². The fourth-order valence-corrected chi connectivity index (χ4v) is 2.04. The number of aryl methyl sites for hydroxylation is 1. The first kappa shape index (κ1) is 17.0. The lowest BCUT2D eigenvalue weighted by atomic mass is 10.0. The number of carbonyl (C=O) groups is 2. The van der Waals surface area contributed by atoms with Crippen molar-refractivity contribution in [3.63, 3.8) is 0 Å². The number of nitrogens with one attached hydrogen (secondary N) is 2. The highest BCUT2D eigenvalue weighted by Crippen LogP contribution is 2.13. The van der Waals surface area contributed by atoms with Gasteiger partial charge in [-0.25, -0.2) is 4.79 Å². The number of benzene rings is 1. The molecule has 0 aliphatic rings. The molecule has 1 unspecified atom stereocenters. The zero-order valence-electron chi connectivity index (χ0n) is 13.0. The minimum absolute atomic E-state index is 0.0404. The summed E-state index contributed by atoms with van der Waals surface area (Å²) in [6.07, 6.45) is 3.36. The van der Waals surface area contributed by atoms with Crippen molar-refractivity contribution in [3.8, 4) is 0 Å². The maximum Gasteiger partial charge on any atom is 0.312 e. The van der Waals surface area contributed by atoms with Crippen molar-refractivity contribution in [1.82, 2.24) is 5.32 Å². The van der Waals surface area contributed by atoms with E-state index in [1.165, 1.54) is 5.56 Å². The van der Waals surface area contributed by atoms with E-state index in [1.54, 1.807) is 0 Å². The summed E-state index contributed by atoms with van der Waals surface area (Å²) in [5.41, 5.74) is 7.07.